The van der Waals surface area contributed by atoms with Gasteiger partial charge in [0.15, 0.2) is 12.4 Å². The van der Waals surface area contributed by atoms with Crippen molar-refractivity contribution in [3.05, 3.63) is 12.0 Å². The number of halogens is 3. The van der Waals surface area contributed by atoms with Crippen LogP contribution in [0.25, 0.3) is 0 Å². The fourth-order valence-electron chi connectivity index (χ4n) is 2.14. The van der Waals surface area contributed by atoms with Crippen LogP contribution in [0.3, 0.4) is 0 Å². The molecule has 1 unspecified atom stereocenters. The monoisotopic (exact) mass is 339 g/mol. The number of carbonyl (C=O) groups excluding carboxylic acids is 1. The number of nitrogens with two attached hydrogens (primary N) is 2. The molecule has 1 heterocycles. The molecule has 0 aromatic rings. The summed E-state index contributed by atoms with van der Waals surface area (Å²) in [4.78, 5) is 11.9. The van der Waals surface area contributed by atoms with Gasteiger partial charge in [0.2, 0.25) is 0 Å². The minimum Gasteiger partial charge on any atom is -0.444 e. The van der Waals surface area contributed by atoms with Gasteiger partial charge in [-0.15, -0.1) is 0 Å². The zero-order valence-corrected chi connectivity index (χ0v) is 12.7. The number of aliphatic hydroxyl groups is 1. The normalized spacial score (nSPS) is 23.7. The lowest BCUT2D eigenvalue weighted by Gasteiger charge is -2.18. The second kappa shape index (κ2) is 8.39. The van der Waals surface area contributed by atoms with E-state index < -0.39 is 36.5 Å². The predicted molar refractivity (Wildman–Crippen MR) is 75.4 cm³/mol. The Labute approximate surface area is 131 Å². The van der Waals surface area contributed by atoms with Crippen LogP contribution in [0.1, 0.15) is 12.8 Å². The maximum absolute atomic E-state index is 12.3. The molecule has 1 fully saturated rings. The summed E-state index contributed by atoms with van der Waals surface area (Å²) in [7, 11) is 1.43. The van der Waals surface area contributed by atoms with Crippen LogP contribution in [0, 0.1) is 11.3 Å². The van der Waals surface area contributed by atoms with Gasteiger partial charge in [-0.2, -0.15) is 13.2 Å². The maximum Gasteiger partial charge on any atom is 0.433 e. The summed E-state index contributed by atoms with van der Waals surface area (Å²) in [6.45, 7) is 0.152. The van der Waals surface area contributed by atoms with Crippen molar-refractivity contribution >= 4 is 11.5 Å². The van der Waals surface area contributed by atoms with Crippen LogP contribution in [0.15, 0.2) is 12.0 Å². The Morgan fingerprint density at radius 3 is 2.74 bits per heavy atom. The van der Waals surface area contributed by atoms with Crippen LogP contribution in [-0.2, 0) is 9.53 Å². The number of rotatable bonds is 8. The minimum absolute atomic E-state index is 0.139. The van der Waals surface area contributed by atoms with Gasteiger partial charge in [0.1, 0.15) is 11.9 Å². The number of hydrogen-bond acceptors (Lipinski definition) is 6. The first-order valence-electron chi connectivity index (χ1n) is 7.14. The van der Waals surface area contributed by atoms with Gasteiger partial charge in [-0.05, 0) is 19.4 Å². The van der Waals surface area contributed by atoms with Gasteiger partial charge >= 0.3 is 6.18 Å². The van der Waals surface area contributed by atoms with Crippen molar-refractivity contribution in [2.75, 3.05) is 20.2 Å². The number of allylic oxidation sites excluding steroid dienone is 1. The Hall–Kier alpha value is -1.49. The second-order valence-corrected chi connectivity index (χ2v) is 5.29. The summed E-state index contributed by atoms with van der Waals surface area (Å²) in [5.74, 6) is -0.842. The highest BCUT2D eigenvalue weighted by Crippen LogP contribution is 2.19. The molecule has 7 nitrogen and oxygen atoms in total. The number of ketones is 1. The molecule has 0 amide bonds. The first-order valence-corrected chi connectivity index (χ1v) is 7.14. The van der Waals surface area contributed by atoms with Crippen molar-refractivity contribution in [3.8, 4) is 0 Å². The van der Waals surface area contributed by atoms with Gasteiger partial charge in [0.25, 0.3) is 5.88 Å². The number of alkyl halides is 3. The maximum atomic E-state index is 12.3. The van der Waals surface area contributed by atoms with Crippen molar-refractivity contribution in [2.45, 2.75) is 31.3 Å². The number of quaternary nitrogens is 1. The van der Waals surface area contributed by atoms with E-state index in [4.69, 9.17) is 15.9 Å². The number of nitrogens with one attached hydrogen (secondary N) is 2. The van der Waals surface area contributed by atoms with E-state index in [1.807, 2.05) is 0 Å². The van der Waals surface area contributed by atoms with Crippen LogP contribution in [0.2, 0.25) is 0 Å². The summed E-state index contributed by atoms with van der Waals surface area (Å²) < 4.78 is 41.8. The Bertz CT molecular complexity index is 468. The summed E-state index contributed by atoms with van der Waals surface area (Å²) in [6.07, 6.45) is -4.02. The van der Waals surface area contributed by atoms with Gasteiger partial charge < -0.3 is 15.6 Å². The first kappa shape index (κ1) is 19.6. The summed E-state index contributed by atoms with van der Waals surface area (Å²) in [5.41, 5.74) is 4.17. The van der Waals surface area contributed by atoms with E-state index in [1.165, 1.54) is 12.4 Å². The molecular weight excluding hydrogens is 317 g/mol. The largest absolute Gasteiger partial charge is 0.444 e. The molecule has 1 rings (SSSR count). The van der Waals surface area contributed by atoms with E-state index in [9.17, 15) is 23.1 Å². The van der Waals surface area contributed by atoms with E-state index in [-0.39, 0.29) is 18.2 Å². The van der Waals surface area contributed by atoms with E-state index in [2.05, 4.69) is 5.32 Å². The second-order valence-electron chi connectivity index (χ2n) is 5.29. The molecule has 0 bridgehead atoms. The molecule has 1 saturated heterocycles. The highest BCUT2D eigenvalue weighted by Gasteiger charge is 2.34. The zero-order valence-electron chi connectivity index (χ0n) is 12.7. The fourth-order valence-corrected chi connectivity index (χ4v) is 2.14. The van der Waals surface area contributed by atoms with Crippen molar-refractivity contribution in [1.82, 2.24) is 5.32 Å². The molecule has 0 spiro atoms. The topological polar surface area (TPSA) is 125 Å². The number of hydrogen-bond donors (Lipinski definition) is 5. The molecule has 3 atom stereocenters. The van der Waals surface area contributed by atoms with E-state index in [1.54, 1.807) is 0 Å². The van der Waals surface area contributed by atoms with Gasteiger partial charge in [-0.3, -0.25) is 20.8 Å². The molecule has 132 valence electrons. The average molecular weight is 339 g/mol. The quantitative estimate of drug-likeness (QED) is 0.282. The van der Waals surface area contributed by atoms with Crippen LogP contribution in [-0.4, -0.2) is 55.2 Å². The Morgan fingerprint density at radius 2 is 2.26 bits per heavy atom. The van der Waals surface area contributed by atoms with Gasteiger partial charge in [-0.1, -0.05) is 0 Å². The summed E-state index contributed by atoms with van der Waals surface area (Å²) >= 11 is 0. The Morgan fingerprint density at radius 1 is 1.61 bits per heavy atom. The Balaban J connectivity index is 2.49. The molecule has 1 aliphatic rings. The third-order valence-electron chi connectivity index (χ3n) is 3.54. The lowest BCUT2D eigenvalue weighted by molar-refractivity contribution is -0.604. The van der Waals surface area contributed by atoms with Crippen LogP contribution >= 0.6 is 0 Å². The smallest absolute Gasteiger partial charge is 0.433 e. The van der Waals surface area contributed by atoms with Crippen molar-refractivity contribution in [2.24, 2.45) is 11.7 Å². The molecular formula is C13H22F3N4O3+. The lowest BCUT2D eigenvalue weighted by Crippen LogP contribution is -2.78. The van der Waals surface area contributed by atoms with Crippen molar-refractivity contribution < 1.29 is 33.1 Å². The molecule has 0 radical (unpaired) electrons. The fraction of sp³-hybridized carbons (Fsp3) is 0.692. The third kappa shape index (κ3) is 6.26. The highest BCUT2D eigenvalue weighted by molar-refractivity contribution is 5.96. The molecule has 10 heteroatoms. The van der Waals surface area contributed by atoms with Gasteiger partial charge in [0.05, 0.1) is 19.2 Å². The molecule has 23 heavy (non-hydrogen) atoms. The molecule has 0 aromatic heterocycles. The molecule has 0 saturated carbocycles. The third-order valence-corrected chi connectivity index (χ3v) is 3.54. The van der Waals surface area contributed by atoms with E-state index in [0.29, 0.717) is 19.0 Å². The molecule has 7 N–H and O–H groups in total. The molecule has 1 aliphatic heterocycles. The standard InChI is InChI=1S/C13H21F3N4O3/c1-19-11(5-10(18)13(14,15)16)23-6-9(21)8(17)4-7-2-3-20-12(7)22/h5,7-8,12,18-20,22H,2-4,6,17H2,1H3/p+1/b11-5+,18-10?/t7-,8-,12?/m0/s1. The van der Waals surface area contributed by atoms with Crippen molar-refractivity contribution in [3.63, 3.8) is 0 Å². The van der Waals surface area contributed by atoms with E-state index >= 15 is 0 Å². The number of aliphatic hydroxyl groups excluding tert-OH is 1. The van der Waals surface area contributed by atoms with Gasteiger partial charge in [0, 0.05) is 5.92 Å². The van der Waals surface area contributed by atoms with Crippen molar-refractivity contribution in [1.29, 1.82) is 5.41 Å². The summed E-state index contributed by atoms with van der Waals surface area (Å²) in [6, 6.07) is -0.866. The first-order chi connectivity index (χ1) is 10.6. The van der Waals surface area contributed by atoms with Crippen LogP contribution in [0.4, 0.5) is 13.2 Å². The SMILES string of the molecule is C[NH2+]/C(=C\C(=N)C(F)(F)F)OCC(=O)[C@@H](N)C[C@@H]1CCNC1O. The molecule has 0 aromatic carbocycles. The lowest BCUT2D eigenvalue weighted by atomic mass is 9.96. The highest BCUT2D eigenvalue weighted by atomic mass is 19.4. The van der Waals surface area contributed by atoms with Crippen LogP contribution < -0.4 is 16.4 Å². The number of Topliss-reactive ketones (excluding diaryl/α,β-unsaturated/α-hetero) is 1. The Kier molecular flexibility index (Phi) is 7.13. The number of ether oxygens (including phenoxy) is 1. The predicted octanol–water partition coefficient (Wildman–Crippen LogP) is -1.17. The summed E-state index contributed by atoms with van der Waals surface area (Å²) in [5, 5.41) is 20.5. The minimum atomic E-state index is -4.77. The van der Waals surface area contributed by atoms with E-state index in [0.717, 1.165) is 0 Å². The van der Waals surface area contributed by atoms with Gasteiger partial charge in [-0.25, -0.2) is 0 Å². The molecule has 0 aliphatic carbocycles. The average Bonchev–Trinajstić information content (AvgIpc) is 2.86. The van der Waals surface area contributed by atoms with Crippen LogP contribution in [0.5, 0.6) is 0 Å². The zero-order chi connectivity index (χ0) is 17.6. The number of carbonyl (C=O) groups is 1.